The SMILES string of the molecule is COc1ccc(CCN2C[C@@H](C(=O)NCCc3ccc(F)cc3)CCC2=O)cc1. The van der Waals surface area contributed by atoms with Crippen molar-refractivity contribution in [1.29, 1.82) is 0 Å². The number of benzene rings is 2. The zero-order chi connectivity index (χ0) is 20.6. The number of hydrogen-bond acceptors (Lipinski definition) is 3. The second-order valence-corrected chi connectivity index (χ2v) is 7.34. The Morgan fingerprint density at radius 1 is 1.10 bits per heavy atom. The maximum atomic E-state index is 12.9. The Morgan fingerprint density at radius 2 is 1.76 bits per heavy atom. The minimum atomic E-state index is -0.264. The Hall–Kier alpha value is -2.89. The average molecular weight is 398 g/mol. The third-order valence-electron chi connectivity index (χ3n) is 5.33. The molecule has 0 aliphatic carbocycles. The second kappa shape index (κ2) is 10.0. The van der Waals surface area contributed by atoms with Crippen LogP contribution in [0.15, 0.2) is 48.5 Å². The first-order valence-electron chi connectivity index (χ1n) is 9.98. The van der Waals surface area contributed by atoms with Crippen molar-refractivity contribution < 1.29 is 18.7 Å². The molecule has 1 atom stereocenters. The van der Waals surface area contributed by atoms with Crippen molar-refractivity contribution in [2.75, 3.05) is 26.7 Å². The number of amides is 2. The molecule has 5 nitrogen and oxygen atoms in total. The molecule has 1 fully saturated rings. The zero-order valence-corrected chi connectivity index (χ0v) is 16.7. The lowest BCUT2D eigenvalue weighted by Crippen LogP contribution is -2.46. The summed E-state index contributed by atoms with van der Waals surface area (Å²) in [6, 6.07) is 14.1. The van der Waals surface area contributed by atoms with Gasteiger partial charge in [-0.15, -0.1) is 0 Å². The number of carbonyl (C=O) groups is 2. The van der Waals surface area contributed by atoms with Gasteiger partial charge in [0.25, 0.3) is 0 Å². The molecule has 0 saturated carbocycles. The number of carbonyl (C=O) groups excluding carboxylic acids is 2. The molecular formula is C23H27FN2O3. The molecule has 0 aromatic heterocycles. The highest BCUT2D eigenvalue weighted by Gasteiger charge is 2.29. The van der Waals surface area contributed by atoms with Gasteiger partial charge >= 0.3 is 0 Å². The first-order valence-corrected chi connectivity index (χ1v) is 9.98. The Morgan fingerprint density at radius 3 is 2.45 bits per heavy atom. The number of nitrogens with zero attached hydrogens (tertiary/aromatic N) is 1. The summed E-state index contributed by atoms with van der Waals surface area (Å²) < 4.78 is 18.1. The van der Waals surface area contributed by atoms with E-state index in [9.17, 15) is 14.0 Å². The molecule has 1 N–H and O–H groups in total. The van der Waals surface area contributed by atoms with Gasteiger partial charge in [0, 0.05) is 26.1 Å². The van der Waals surface area contributed by atoms with Gasteiger partial charge in [0.15, 0.2) is 0 Å². The molecule has 1 aliphatic heterocycles. The molecule has 3 rings (SSSR count). The quantitative estimate of drug-likeness (QED) is 0.744. The Bertz CT molecular complexity index is 821. The van der Waals surface area contributed by atoms with Crippen LogP contribution in [-0.2, 0) is 22.4 Å². The summed E-state index contributed by atoms with van der Waals surface area (Å²) in [4.78, 5) is 26.6. The maximum Gasteiger partial charge on any atom is 0.224 e. The predicted octanol–water partition coefficient (Wildman–Crippen LogP) is 2.97. The van der Waals surface area contributed by atoms with E-state index in [1.807, 2.05) is 24.3 Å². The molecule has 0 unspecified atom stereocenters. The monoisotopic (exact) mass is 398 g/mol. The van der Waals surface area contributed by atoms with Crippen LogP contribution in [0, 0.1) is 11.7 Å². The molecule has 1 saturated heterocycles. The number of ether oxygens (including phenoxy) is 1. The summed E-state index contributed by atoms with van der Waals surface area (Å²) in [7, 11) is 1.63. The Balaban J connectivity index is 1.45. The van der Waals surface area contributed by atoms with Gasteiger partial charge in [-0.25, -0.2) is 4.39 Å². The van der Waals surface area contributed by atoms with Crippen LogP contribution in [0.5, 0.6) is 5.75 Å². The van der Waals surface area contributed by atoms with E-state index in [1.54, 1.807) is 24.1 Å². The van der Waals surface area contributed by atoms with Crippen LogP contribution in [0.2, 0.25) is 0 Å². The van der Waals surface area contributed by atoms with Gasteiger partial charge in [-0.3, -0.25) is 9.59 Å². The number of nitrogens with one attached hydrogen (secondary N) is 1. The fourth-order valence-corrected chi connectivity index (χ4v) is 3.53. The molecule has 29 heavy (non-hydrogen) atoms. The number of halogens is 1. The highest BCUT2D eigenvalue weighted by molar-refractivity contribution is 5.83. The second-order valence-electron chi connectivity index (χ2n) is 7.34. The molecule has 2 amide bonds. The molecule has 0 spiro atoms. The third kappa shape index (κ3) is 6.04. The van der Waals surface area contributed by atoms with Crippen LogP contribution in [0.1, 0.15) is 24.0 Å². The Labute approximate surface area is 170 Å². The summed E-state index contributed by atoms with van der Waals surface area (Å²) in [5.41, 5.74) is 2.11. The van der Waals surface area contributed by atoms with Crippen LogP contribution in [-0.4, -0.2) is 43.5 Å². The first kappa shape index (κ1) is 20.8. The van der Waals surface area contributed by atoms with Gasteiger partial charge in [0.05, 0.1) is 13.0 Å². The largest absolute Gasteiger partial charge is 0.497 e. The van der Waals surface area contributed by atoms with E-state index in [4.69, 9.17) is 4.74 Å². The zero-order valence-electron chi connectivity index (χ0n) is 16.7. The fourth-order valence-electron chi connectivity index (χ4n) is 3.53. The van der Waals surface area contributed by atoms with Crippen molar-refractivity contribution in [3.8, 4) is 5.75 Å². The Kier molecular flexibility index (Phi) is 7.22. The van der Waals surface area contributed by atoms with E-state index in [2.05, 4.69) is 5.32 Å². The van der Waals surface area contributed by atoms with Crippen LogP contribution < -0.4 is 10.1 Å². The van der Waals surface area contributed by atoms with Crippen molar-refractivity contribution in [1.82, 2.24) is 10.2 Å². The average Bonchev–Trinajstić information content (AvgIpc) is 2.75. The van der Waals surface area contributed by atoms with Gasteiger partial charge < -0.3 is 15.0 Å². The number of piperidine rings is 1. The van der Waals surface area contributed by atoms with Crippen molar-refractivity contribution in [2.45, 2.75) is 25.7 Å². The molecule has 6 heteroatoms. The molecular weight excluding hydrogens is 371 g/mol. The normalized spacial score (nSPS) is 16.6. The van der Waals surface area contributed by atoms with Gasteiger partial charge in [-0.2, -0.15) is 0 Å². The minimum absolute atomic E-state index is 0.0194. The summed E-state index contributed by atoms with van der Waals surface area (Å²) >= 11 is 0. The maximum absolute atomic E-state index is 12.9. The lowest BCUT2D eigenvalue weighted by atomic mass is 9.96. The van der Waals surface area contributed by atoms with Crippen LogP contribution in [0.25, 0.3) is 0 Å². The number of methoxy groups -OCH3 is 1. The van der Waals surface area contributed by atoms with Gasteiger partial charge in [-0.1, -0.05) is 24.3 Å². The summed E-state index contributed by atoms with van der Waals surface area (Å²) in [6.07, 6.45) is 2.38. The highest BCUT2D eigenvalue weighted by atomic mass is 19.1. The molecule has 1 heterocycles. The lowest BCUT2D eigenvalue weighted by Gasteiger charge is -2.32. The van der Waals surface area contributed by atoms with Crippen molar-refractivity contribution in [3.63, 3.8) is 0 Å². The molecule has 154 valence electrons. The summed E-state index contributed by atoms with van der Waals surface area (Å²) in [5, 5.41) is 2.95. The fraction of sp³-hybridized carbons (Fsp3) is 0.391. The van der Waals surface area contributed by atoms with E-state index < -0.39 is 0 Å². The van der Waals surface area contributed by atoms with Gasteiger partial charge in [0.2, 0.25) is 11.8 Å². The van der Waals surface area contributed by atoms with E-state index in [1.165, 1.54) is 12.1 Å². The van der Waals surface area contributed by atoms with E-state index in [-0.39, 0.29) is 23.5 Å². The summed E-state index contributed by atoms with van der Waals surface area (Å²) in [5.74, 6) is 0.444. The number of likely N-dealkylation sites (tertiary alicyclic amines) is 1. The first-order chi connectivity index (χ1) is 14.0. The topological polar surface area (TPSA) is 58.6 Å². The van der Waals surface area contributed by atoms with E-state index in [0.29, 0.717) is 38.9 Å². The number of rotatable bonds is 8. The molecule has 2 aromatic carbocycles. The van der Waals surface area contributed by atoms with Gasteiger partial charge in [-0.05, 0) is 54.7 Å². The lowest BCUT2D eigenvalue weighted by molar-refractivity contribution is -0.138. The standard InChI is InChI=1S/C23H27FN2O3/c1-29-21-9-4-18(5-10-21)13-15-26-16-19(6-11-22(26)27)23(28)25-14-12-17-2-7-20(24)8-3-17/h2-5,7-10,19H,6,11-16H2,1H3,(H,25,28)/t19-/m0/s1. The number of hydrogen-bond donors (Lipinski definition) is 1. The third-order valence-corrected chi connectivity index (χ3v) is 5.33. The molecule has 1 aliphatic rings. The van der Waals surface area contributed by atoms with Crippen LogP contribution in [0.4, 0.5) is 4.39 Å². The molecule has 2 aromatic rings. The van der Waals surface area contributed by atoms with Crippen LogP contribution in [0.3, 0.4) is 0 Å². The van der Waals surface area contributed by atoms with E-state index >= 15 is 0 Å². The summed E-state index contributed by atoms with van der Waals surface area (Å²) in [6.45, 7) is 1.56. The van der Waals surface area contributed by atoms with Crippen LogP contribution >= 0.6 is 0 Å². The predicted molar refractivity (Wildman–Crippen MR) is 109 cm³/mol. The minimum Gasteiger partial charge on any atom is -0.497 e. The molecule has 0 radical (unpaired) electrons. The van der Waals surface area contributed by atoms with Crippen molar-refractivity contribution in [2.24, 2.45) is 5.92 Å². The smallest absolute Gasteiger partial charge is 0.224 e. The van der Waals surface area contributed by atoms with Crippen molar-refractivity contribution >= 4 is 11.8 Å². The van der Waals surface area contributed by atoms with Gasteiger partial charge in [0.1, 0.15) is 11.6 Å². The molecule has 0 bridgehead atoms. The van der Waals surface area contributed by atoms with E-state index in [0.717, 1.165) is 23.3 Å². The highest BCUT2D eigenvalue weighted by Crippen LogP contribution is 2.19. The van der Waals surface area contributed by atoms with Crippen molar-refractivity contribution in [3.05, 3.63) is 65.5 Å².